The number of benzene rings is 3. The Kier molecular flexibility index (Phi) is 6.89. The lowest BCUT2D eigenvalue weighted by molar-refractivity contribution is 0.0679. The highest BCUT2D eigenvalue weighted by Gasteiger charge is 2.31. The number of carbonyl (C=O) groups excluding carboxylic acids is 1. The first-order valence-electron chi connectivity index (χ1n) is 9.07. The fourth-order valence-corrected chi connectivity index (χ4v) is 3.53. The van der Waals surface area contributed by atoms with E-state index in [1.54, 1.807) is 24.3 Å². The molecule has 0 saturated heterocycles. The standard InChI is InChI=1S/C23H21BrClNO2/c24-20-11-7-18(8-12-20)23(28,19-9-13-21(25)14-10-19)15-4-16-26-22(27)17-5-2-1-3-6-17/h1-3,5-14,28H,4,15-16H2,(H,26,27). The van der Waals surface area contributed by atoms with Gasteiger partial charge in [0.05, 0.1) is 0 Å². The molecule has 0 aliphatic heterocycles. The topological polar surface area (TPSA) is 49.3 Å². The Morgan fingerprint density at radius 3 is 2.11 bits per heavy atom. The number of halogens is 2. The molecule has 0 saturated carbocycles. The van der Waals surface area contributed by atoms with Gasteiger partial charge in [0.1, 0.15) is 5.60 Å². The molecule has 0 aliphatic rings. The lowest BCUT2D eigenvalue weighted by Gasteiger charge is -2.30. The van der Waals surface area contributed by atoms with Crippen LogP contribution in [-0.2, 0) is 5.60 Å². The lowest BCUT2D eigenvalue weighted by Crippen LogP contribution is -2.30. The molecule has 1 atom stereocenters. The van der Waals surface area contributed by atoms with E-state index in [0.29, 0.717) is 30.0 Å². The van der Waals surface area contributed by atoms with Crippen molar-refractivity contribution in [1.29, 1.82) is 0 Å². The normalized spacial score (nSPS) is 13.0. The van der Waals surface area contributed by atoms with Gasteiger partial charge in [-0.3, -0.25) is 4.79 Å². The van der Waals surface area contributed by atoms with Crippen LogP contribution in [0.4, 0.5) is 0 Å². The molecule has 0 heterocycles. The first kappa shape index (κ1) is 20.6. The molecule has 3 aromatic carbocycles. The second kappa shape index (κ2) is 9.37. The third-order valence-corrected chi connectivity index (χ3v) is 5.46. The largest absolute Gasteiger partial charge is 0.380 e. The van der Waals surface area contributed by atoms with E-state index >= 15 is 0 Å². The molecule has 0 aromatic heterocycles. The van der Waals surface area contributed by atoms with Crippen LogP contribution in [-0.4, -0.2) is 17.6 Å². The molecule has 3 nitrogen and oxygen atoms in total. The van der Waals surface area contributed by atoms with E-state index in [-0.39, 0.29) is 5.91 Å². The van der Waals surface area contributed by atoms with Gasteiger partial charge in [0.25, 0.3) is 5.91 Å². The highest BCUT2D eigenvalue weighted by Crippen LogP contribution is 2.35. The number of nitrogens with one attached hydrogen (secondary N) is 1. The molecule has 0 aliphatic carbocycles. The summed E-state index contributed by atoms with van der Waals surface area (Å²) in [5.41, 5.74) is 1.03. The minimum Gasteiger partial charge on any atom is -0.380 e. The third-order valence-electron chi connectivity index (χ3n) is 4.68. The summed E-state index contributed by atoms with van der Waals surface area (Å²) in [4.78, 5) is 12.2. The number of aliphatic hydroxyl groups is 1. The van der Waals surface area contributed by atoms with Crippen LogP contribution in [0, 0.1) is 0 Å². The highest BCUT2D eigenvalue weighted by molar-refractivity contribution is 9.10. The van der Waals surface area contributed by atoms with Gasteiger partial charge < -0.3 is 10.4 Å². The van der Waals surface area contributed by atoms with E-state index in [2.05, 4.69) is 21.2 Å². The van der Waals surface area contributed by atoms with Crippen molar-refractivity contribution >= 4 is 33.4 Å². The molecule has 3 rings (SSSR count). The number of carbonyl (C=O) groups is 1. The van der Waals surface area contributed by atoms with E-state index in [4.69, 9.17) is 11.6 Å². The van der Waals surface area contributed by atoms with Crippen molar-refractivity contribution in [3.8, 4) is 0 Å². The maximum atomic E-state index is 12.2. The third kappa shape index (κ3) is 5.02. The Hall–Kier alpha value is -2.14. The SMILES string of the molecule is O=C(NCCCC(O)(c1ccc(Cl)cc1)c1ccc(Br)cc1)c1ccccc1. The van der Waals surface area contributed by atoms with Crippen LogP contribution in [0.5, 0.6) is 0 Å². The number of amides is 1. The maximum absolute atomic E-state index is 12.2. The molecule has 28 heavy (non-hydrogen) atoms. The fourth-order valence-electron chi connectivity index (χ4n) is 3.14. The first-order chi connectivity index (χ1) is 13.5. The van der Waals surface area contributed by atoms with E-state index < -0.39 is 5.60 Å². The Labute approximate surface area is 178 Å². The summed E-state index contributed by atoms with van der Waals surface area (Å²) in [6, 6.07) is 24.0. The van der Waals surface area contributed by atoms with Crippen molar-refractivity contribution in [3.05, 3.63) is 105 Å². The zero-order valence-corrected chi connectivity index (χ0v) is 17.6. The van der Waals surface area contributed by atoms with Crippen molar-refractivity contribution < 1.29 is 9.90 Å². The van der Waals surface area contributed by atoms with Gasteiger partial charge in [-0.2, -0.15) is 0 Å². The van der Waals surface area contributed by atoms with E-state index in [1.807, 2.05) is 54.6 Å². The van der Waals surface area contributed by atoms with Crippen molar-refractivity contribution in [1.82, 2.24) is 5.32 Å². The molecule has 1 amide bonds. The number of hydrogen-bond acceptors (Lipinski definition) is 2. The van der Waals surface area contributed by atoms with Gasteiger partial charge in [0.2, 0.25) is 0 Å². The average Bonchev–Trinajstić information content (AvgIpc) is 2.72. The Morgan fingerprint density at radius 2 is 1.50 bits per heavy atom. The minimum atomic E-state index is -1.16. The summed E-state index contributed by atoms with van der Waals surface area (Å²) < 4.78 is 0.949. The zero-order valence-electron chi connectivity index (χ0n) is 15.2. The maximum Gasteiger partial charge on any atom is 0.251 e. The molecule has 5 heteroatoms. The van der Waals surface area contributed by atoms with Crippen LogP contribution in [0.3, 0.4) is 0 Å². The molecule has 3 aromatic rings. The average molecular weight is 459 g/mol. The Morgan fingerprint density at radius 1 is 0.929 bits per heavy atom. The van der Waals surface area contributed by atoms with Gasteiger partial charge >= 0.3 is 0 Å². The van der Waals surface area contributed by atoms with E-state index in [0.717, 1.165) is 15.6 Å². The molecule has 1 unspecified atom stereocenters. The van der Waals surface area contributed by atoms with Crippen LogP contribution in [0.2, 0.25) is 5.02 Å². The Bertz CT molecular complexity index is 866. The van der Waals surface area contributed by atoms with Gasteiger partial charge in [-0.1, -0.05) is 70.0 Å². The van der Waals surface area contributed by atoms with Crippen LogP contribution in [0.15, 0.2) is 83.3 Å². The fraction of sp³-hybridized carbons (Fsp3) is 0.174. The summed E-state index contributed by atoms with van der Waals surface area (Å²) in [7, 11) is 0. The smallest absolute Gasteiger partial charge is 0.251 e. The number of rotatable bonds is 7. The second-order valence-corrected chi connectivity index (χ2v) is 7.95. The molecule has 0 bridgehead atoms. The molecular formula is C23H21BrClNO2. The van der Waals surface area contributed by atoms with Crippen molar-refractivity contribution in [3.63, 3.8) is 0 Å². The molecule has 0 radical (unpaired) electrons. The van der Waals surface area contributed by atoms with Crippen LogP contribution >= 0.6 is 27.5 Å². The van der Waals surface area contributed by atoms with Crippen molar-refractivity contribution in [2.75, 3.05) is 6.54 Å². The summed E-state index contributed by atoms with van der Waals surface area (Å²) in [6.45, 7) is 0.472. The van der Waals surface area contributed by atoms with Gasteiger partial charge in [-0.05, 0) is 60.4 Å². The predicted molar refractivity (Wildman–Crippen MR) is 117 cm³/mol. The zero-order chi connectivity index (χ0) is 20.0. The lowest BCUT2D eigenvalue weighted by atomic mass is 9.82. The van der Waals surface area contributed by atoms with Crippen molar-refractivity contribution in [2.45, 2.75) is 18.4 Å². The molecular weight excluding hydrogens is 438 g/mol. The Balaban J connectivity index is 1.72. The van der Waals surface area contributed by atoms with Gasteiger partial charge in [-0.25, -0.2) is 0 Å². The van der Waals surface area contributed by atoms with Crippen molar-refractivity contribution in [2.24, 2.45) is 0 Å². The van der Waals surface area contributed by atoms with E-state index in [1.165, 1.54) is 0 Å². The van der Waals surface area contributed by atoms with Gasteiger partial charge in [-0.15, -0.1) is 0 Å². The highest BCUT2D eigenvalue weighted by atomic mass is 79.9. The summed E-state index contributed by atoms with van der Waals surface area (Å²) in [5, 5.41) is 15.1. The second-order valence-electron chi connectivity index (χ2n) is 6.60. The summed E-state index contributed by atoms with van der Waals surface area (Å²) in [6.07, 6.45) is 1.08. The number of hydrogen-bond donors (Lipinski definition) is 2. The summed E-state index contributed by atoms with van der Waals surface area (Å²) >= 11 is 9.45. The first-order valence-corrected chi connectivity index (χ1v) is 10.2. The van der Waals surface area contributed by atoms with E-state index in [9.17, 15) is 9.90 Å². The van der Waals surface area contributed by atoms with Gasteiger partial charge in [0.15, 0.2) is 0 Å². The van der Waals surface area contributed by atoms with Crippen LogP contribution < -0.4 is 5.32 Å². The molecule has 2 N–H and O–H groups in total. The predicted octanol–water partition coefficient (Wildman–Crippen LogP) is 5.55. The molecule has 0 spiro atoms. The minimum absolute atomic E-state index is 0.112. The molecule has 144 valence electrons. The summed E-state index contributed by atoms with van der Waals surface area (Å²) in [5.74, 6) is -0.112. The van der Waals surface area contributed by atoms with Gasteiger partial charge in [0, 0.05) is 21.6 Å². The monoisotopic (exact) mass is 457 g/mol. The van der Waals surface area contributed by atoms with Crippen LogP contribution in [0.1, 0.15) is 34.3 Å². The quantitative estimate of drug-likeness (QED) is 0.456. The van der Waals surface area contributed by atoms with Crippen LogP contribution in [0.25, 0.3) is 0 Å². The molecule has 0 fully saturated rings.